The Morgan fingerprint density at radius 1 is 0.775 bits per heavy atom. The first kappa shape index (κ1) is 27.4. The molecule has 3 aromatic rings. The number of hydrogen-bond donors (Lipinski definition) is 2. The quantitative estimate of drug-likeness (QED) is 0.473. The zero-order chi connectivity index (χ0) is 28.1. The van der Waals surface area contributed by atoms with Gasteiger partial charge in [-0.15, -0.1) is 0 Å². The average Bonchev–Trinajstić information content (AvgIpc) is 2.98. The summed E-state index contributed by atoms with van der Waals surface area (Å²) in [7, 11) is 0. The topological polar surface area (TPSA) is 94.2 Å². The normalized spacial score (nSPS) is 15.5. The molecule has 11 heteroatoms. The van der Waals surface area contributed by atoms with Crippen LogP contribution < -0.4 is 15.5 Å². The van der Waals surface area contributed by atoms with Crippen molar-refractivity contribution in [2.45, 2.75) is 0 Å². The van der Waals surface area contributed by atoms with Gasteiger partial charge in [0.15, 0.2) is 0 Å². The van der Waals surface area contributed by atoms with Crippen molar-refractivity contribution in [2.75, 3.05) is 68.0 Å². The van der Waals surface area contributed by atoms with Crippen LogP contribution in [0, 0.1) is 5.82 Å². The van der Waals surface area contributed by atoms with Gasteiger partial charge >= 0.3 is 6.03 Å². The number of ether oxygens (including phenoxy) is 1. The second-order valence-electron chi connectivity index (χ2n) is 9.45. The third-order valence-corrected chi connectivity index (χ3v) is 7.25. The van der Waals surface area contributed by atoms with Gasteiger partial charge in [-0.25, -0.2) is 9.18 Å². The monoisotopic (exact) mass is 565 g/mol. The van der Waals surface area contributed by atoms with Crippen LogP contribution in [0.5, 0.6) is 0 Å². The molecule has 5 rings (SSSR count). The second kappa shape index (κ2) is 12.4. The van der Waals surface area contributed by atoms with Gasteiger partial charge in [-0.05, 0) is 42.5 Å². The van der Waals surface area contributed by atoms with Crippen molar-refractivity contribution >= 4 is 46.5 Å². The van der Waals surface area contributed by atoms with E-state index in [0.717, 1.165) is 0 Å². The first-order valence-corrected chi connectivity index (χ1v) is 13.4. The molecular formula is C29H29ClFN5O4. The summed E-state index contributed by atoms with van der Waals surface area (Å²) in [5, 5.41) is 5.80. The highest BCUT2D eigenvalue weighted by Crippen LogP contribution is 2.28. The zero-order valence-electron chi connectivity index (χ0n) is 21.7. The Morgan fingerprint density at radius 3 is 2.20 bits per heavy atom. The fourth-order valence-corrected chi connectivity index (χ4v) is 4.97. The van der Waals surface area contributed by atoms with Crippen LogP contribution in [0.2, 0.25) is 5.02 Å². The molecule has 0 aliphatic carbocycles. The molecule has 40 heavy (non-hydrogen) atoms. The molecule has 208 valence electrons. The van der Waals surface area contributed by atoms with Crippen LogP contribution in [-0.4, -0.2) is 80.1 Å². The number of hydrogen-bond acceptors (Lipinski definition) is 5. The van der Waals surface area contributed by atoms with Crippen molar-refractivity contribution in [1.29, 1.82) is 0 Å². The summed E-state index contributed by atoms with van der Waals surface area (Å²) in [5.74, 6) is -1.04. The molecule has 2 N–H and O–H groups in total. The summed E-state index contributed by atoms with van der Waals surface area (Å²) in [5.41, 5.74) is 2.08. The number of urea groups is 1. The van der Waals surface area contributed by atoms with Gasteiger partial charge in [0.2, 0.25) is 0 Å². The van der Waals surface area contributed by atoms with Gasteiger partial charge in [0.05, 0.1) is 35.1 Å². The molecule has 9 nitrogen and oxygen atoms in total. The number of carbonyl (C=O) groups excluding carboxylic acids is 3. The number of nitrogens with zero attached hydrogens (tertiary/aromatic N) is 3. The SMILES string of the molecule is O=C(Nc1ccc(N2CCN(C(=O)Nc3ccccc3F)CC2)c(C(=O)N2CCOCC2)c1)c1ccccc1Cl. The van der Waals surface area contributed by atoms with Gasteiger partial charge in [0.1, 0.15) is 5.82 Å². The average molecular weight is 566 g/mol. The smallest absolute Gasteiger partial charge is 0.322 e. The minimum atomic E-state index is -0.498. The Bertz CT molecular complexity index is 1410. The van der Waals surface area contributed by atoms with E-state index in [-0.39, 0.29) is 23.5 Å². The fraction of sp³-hybridized carbons (Fsp3) is 0.276. The van der Waals surface area contributed by atoms with E-state index >= 15 is 0 Å². The lowest BCUT2D eigenvalue weighted by Gasteiger charge is -2.37. The zero-order valence-corrected chi connectivity index (χ0v) is 22.5. The van der Waals surface area contributed by atoms with Crippen LogP contribution in [-0.2, 0) is 4.74 Å². The molecule has 0 radical (unpaired) electrons. The molecule has 2 saturated heterocycles. The summed E-state index contributed by atoms with van der Waals surface area (Å²) in [6, 6.07) is 17.6. The molecule has 0 spiro atoms. The Hall–Kier alpha value is -4.15. The first-order valence-electron chi connectivity index (χ1n) is 13.0. The Balaban J connectivity index is 1.33. The number of halogens is 2. The lowest BCUT2D eigenvalue weighted by atomic mass is 10.1. The van der Waals surface area contributed by atoms with Crippen LogP contribution in [0.1, 0.15) is 20.7 Å². The van der Waals surface area contributed by atoms with E-state index in [2.05, 4.69) is 10.6 Å². The van der Waals surface area contributed by atoms with E-state index in [9.17, 15) is 18.8 Å². The number of piperazine rings is 1. The van der Waals surface area contributed by atoms with Gasteiger partial charge in [-0.3, -0.25) is 9.59 Å². The summed E-state index contributed by atoms with van der Waals surface area (Å²) in [4.78, 5) is 44.6. The van der Waals surface area contributed by atoms with Crippen molar-refractivity contribution in [3.05, 3.63) is 88.7 Å². The minimum Gasteiger partial charge on any atom is -0.378 e. The number of rotatable bonds is 5. The number of morpholine rings is 1. The predicted octanol–water partition coefficient (Wildman–Crippen LogP) is 4.56. The molecule has 4 amide bonds. The van der Waals surface area contributed by atoms with E-state index in [0.29, 0.717) is 80.0 Å². The highest BCUT2D eigenvalue weighted by atomic mass is 35.5. The third kappa shape index (κ3) is 6.19. The first-order chi connectivity index (χ1) is 19.4. The number of nitrogens with one attached hydrogen (secondary N) is 2. The van der Waals surface area contributed by atoms with E-state index in [1.807, 2.05) is 11.0 Å². The van der Waals surface area contributed by atoms with Crippen LogP contribution >= 0.6 is 11.6 Å². The lowest BCUT2D eigenvalue weighted by molar-refractivity contribution is 0.0303. The van der Waals surface area contributed by atoms with Crippen LogP contribution in [0.3, 0.4) is 0 Å². The summed E-state index contributed by atoms with van der Waals surface area (Å²) < 4.78 is 19.4. The molecule has 2 fully saturated rings. The maximum Gasteiger partial charge on any atom is 0.322 e. The van der Waals surface area contributed by atoms with Gasteiger partial charge in [0.25, 0.3) is 11.8 Å². The number of amides is 4. The van der Waals surface area contributed by atoms with Crippen molar-refractivity contribution in [1.82, 2.24) is 9.80 Å². The number of benzene rings is 3. The maximum absolute atomic E-state index is 14.0. The van der Waals surface area contributed by atoms with Gasteiger partial charge in [0, 0.05) is 50.6 Å². The van der Waals surface area contributed by atoms with Crippen LogP contribution in [0.25, 0.3) is 0 Å². The maximum atomic E-state index is 14.0. The Morgan fingerprint density at radius 2 is 1.48 bits per heavy atom. The van der Waals surface area contributed by atoms with E-state index in [1.165, 1.54) is 12.1 Å². The molecule has 0 atom stereocenters. The Labute approximate surface area is 236 Å². The van der Waals surface area contributed by atoms with Crippen LogP contribution in [0.15, 0.2) is 66.7 Å². The van der Waals surface area contributed by atoms with Gasteiger partial charge < -0.3 is 30.1 Å². The standard InChI is InChI=1S/C29H29ClFN5O4/c30-23-6-2-1-5-21(23)27(37)32-20-9-10-26(22(19-20)28(38)35-15-17-40-18-16-35)34-11-13-36(14-12-34)29(39)33-25-8-4-3-7-24(25)31/h1-10,19H,11-18H2,(H,32,37)(H,33,39). The number of anilines is 3. The fourth-order valence-electron chi connectivity index (χ4n) is 4.75. The molecule has 0 saturated carbocycles. The Kier molecular flexibility index (Phi) is 8.47. The molecule has 0 unspecified atom stereocenters. The molecule has 2 aliphatic rings. The van der Waals surface area contributed by atoms with Crippen molar-refractivity contribution in [3.63, 3.8) is 0 Å². The van der Waals surface area contributed by atoms with Crippen LogP contribution in [0.4, 0.5) is 26.2 Å². The number of para-hydroxylation sites is 1. The van der Waals surface area contributed by atoms with E-state index in [4.69, 9.17) is 16.3 Å². The highest BCUT2D eigenvalue weighted by Gasteiger charge is 2.28. The number of carbonyl (C=O) groups is 3. The molecule has 0 bridgehead atoms. The molecule has 2 aliphatic heterocycles. The largest absolute Gasteiger partial charge is 0.378 e. The predicted molar refractivity (Wildman–Crippen MR) is 152 cm³/mol. The summed E-state index contributed by atoms with van der Waals surface area (Å²) in [6.45, 7) is 3.57. The molecular weight excluding hydrogens is 537 g/mol. The summed E-state index contributed by atoms with van der Waals surface area (Å²) >= 11 is 6.19. The second-order valence-corrected chi connectivity index (χ2v) is 9.86. The van der Waals surface area contributed by atoms with Crippen molar-refractivity contribution < 1.29 is 23.5 Å². The minimum absolute atomic E-state index is 0.128. The van der Waals surface area contributed by atoms with Crippen molar-refractivity contribution in [2.24, 2.45) is 0 Å². The van der Waals surface area contributed by atoms with E-state index < -0.39 is 5.82 Å². The van der Waals surface area contributed by atoms with Gasteiger partial charge in [-0.1, -0.05) is 35.9 Å². The highest BCUT2D eigenvalue weighted by molar-refractivity contribution is 6.34. The summed E-state index contributed by atoms with van der Waals surface area (Å²) in [6.07, 6.45) is 0. The molecule has 0 aromatic heterocycles. The van der Waals surface area contributed by atoms with E-state index in [1.54, 1.807) is 58.3 Å². The van der Waals surface area contributed by atoms with Gasteiger partial charge in [-0.2, -0.15) is 0 Å². The lowest BCUT2D eigenvalue weighted by Crippen LogP contribution is -2.50. The van der Waals surface area contributed by atoms with Crippen molar-refractivity contribution in [3.8, 4) is 0 Å². The third-order valence-electron chi connectivity index (χ3n) is 6.92. The molecule has 2 heterocycles. The molecule has 3 aromatic carbocycles.